The van der Waals surface area contributed by atoms with Crippen molar-refractivity contribution in [2.45, 2.75) is 26.7 Å². The zero-order valence-corrected chi connectivity index (χ0v) is 9.43. The first kappa shape index (κ1) is 12.5. The highest BCUT2D eigenvalue weighted by Crippen LogP contribution is 2.43. The number of carbonyl (C=O) groups is 2. The van der Waals surface area contributed by atoms with Gasteiger partial charge >= 0.3 is 11.9 Å². The summed E-state index contributed by atoms with van der Waals surface area (Å²) in [5.41, 5.74) is -0.634. The molecule has 0 fully saturated rings. The van der Waals surface area contributed by atoms with Crippen molar-refractivity contribution >= 4 is 11.9 Å². The summed E-state index contributed by atoms with van der Waals surface area (Å²) in [6.45, 7) is 3.63. The molecule has 2 unspecified atom stereocenters. The van der Waals surface area contributed by atoms with Crippen LogP contribution in [0.4, 0.5) is 0 Å². The Morgan fingerprint density at radius 3 is 2.50 bits per heavy atom. The molecule has 88 valence electrons. The van der Waals surface area contributed by atoms with Crippen molar-refractivity contribution in [2.24, 2.45) is 11.3 Å². The smallest absolute Gasteiger partial charge is 0.332 e. The van der Waals surface area contributed by atoms with Gasteiger partial charge in [-0.3, -0.25) is 4.79 Å². The number of aliphatic carboxylic acids is 2. The van der Waals surface area contributed by atoms with Crippen LogP contribution in [-0.4, -0.2) is 22.2 Å². The molecule has 0 amide bonds. The van der Waals surface area contributed by atoms with E-state index in [-0.39, 0.29) is 5.57 Å². The van der Waals surface area contributed by atoms with Gasteiger partial charge in [0.25, 0.3) is 0 Å². The first-order chi connectivity index (χ1) is 7.43. The van der Waals surface area contributed by atoms with E-state index in [0.717, 1.165) is 6.42 Å². The van der Waals surface area contributed by atoms with Crippen LogP contribution in [0.3, 0.4) is 0 Å². The lowest BCUT2D eigenvalue weighted by atomic mass is 9.66. The molecule has 1 aliphatic rings. The Bertz CT molecular complexity index is 367. The third-order valence-electron chi connectivity index (χ3n) is 3.13. The van der Waals surface area contributed by atoms with Crippen LogP contribution in [-0.2, 0) is 9.59 Å². The van der Waals surface area contributed by atoms with E-state index in [4.69, 9.17) is 10.2 Å². The minimum atomic E-state index is -1.04. The number of carboxylic acids is 2. The molecule has 0 saturated carbocycles. The van der Waals surface area contributed by atoms with Gasteiger partial charge in [0.15, 0.2) is 0 Å². The normalized spacial score (nSPS) is 28.6. The SMILES string of the molecule is CCCC1(C)C(C(=O)O)=CC=CC1C(=O)O. The number of rotatable bonds is 4. The molecule has 0 bridgehead atoms. The predicted molar refractivity (Wildman–Crippen MR) is 59.0 cm³/mol. The summed E-state index contributed by atoms with van der Waals surface area (Å²) in [6, 6.07) is 0. The highest BCUT2D eigenvalue weighted by molar-refractivity contribution is 5.91. The van der Waals surface area contributed by atoms with Crippen molar-refractivity contribution in [2.75, 3.05) is 0 Å². The maximum Gasteiger partial charge on any atom is 0.332 e. The molecule has 0 aromatic heterocycles. The molecule has 0 radical (unpaired) electrons. The Balaban J connectivity index is 3.19. The lowest BCUT2D eigenvalue weighted by Gasteiger charge is -2.36. The molecular weight excluding hydrogens is 208 g/mol. The van der Waals surface area contributed by atoms with Gasteiger partial charge in [-0.15, -0.1) is 0 Å². The third kappa shape index (κ3) is 2.01. The van der Waals surface area contributed by atoms with E-state index in [1.54, 1.807) is 13.0 Å². The van der Waals surface area contributed by atoms with E-state index in [1.165, 1.54) is 12.2 Å². The van der Waals surface area contributed by atoms with Crippen LogP contribution in [0.25, 0.3) is 0 Å². The van der Waals surface area contributed by atoms with Gasteiger partial charge in [-0.1, -0.05) is 38.5 Å². The average Bonchev–Trinajstić information content (AvgIpc) is 2.16. The molecule has 4 nitrogen and oxygen atoms in total. The lowest BCUT2D eigenvalue weighted by Crippen LogP contribution is -2.38. The minimum absolute atomic E-state index is 0.184. The molecule has 0 aromatic carbocycles. The Hall–Kier alpha value is -1.58. The molecule has 0 saturated heterocycles. The zero-order chi connectivity index (χ0) is 12.3. The predicted octanol–water partition coefficient (Wildman–Crippen LogP) is 2.07. The molecule has 4 heteroatoms. The quantitative estimate of drug-likeness (QED) is 0.766. The Labute approximate surface area is 94.3 Å². The van der Waals surface area contributed by atoms with E-state index >= 15 is 0 Å². The molecule has 0 aliphatic heterocycles. The van der Waals surface area contributed by atoms with Gasteiger partial charge in [0, 0.05) is 11.0 Å². The van der Waals surface area contributed by atoms with Gasteiger partial charge in [0.05, 0.1) is 5.92 Å². The van der Waals surface area contributed by atoms with Crippen molar-refractivity contribution in [1.82, 2.24) is 0 Å². The van der Waals surface area contributed by atoms with E-state index in [1.807, 2.05) is 6.92 Å². The molecule has 2 N–H and O–H groups in total. The van der Waals surface area contributed by atoms with Crippen LogP contribution in [0.1, 0.15) is 26.7 Å². The molecule has 2 atom stereocenters. The van der Waals surface area contributed by atoms with Gasteiger partial charge in [0.1, 0.15) is 0 Å². The van der Waals surface area contributed by atoms with Crippen molar-refractivity contribution in [3.8, 4) is 0 Å². The highest BCUT2D eigenvalue weighted by Gasteiger charge is 2.43. The second-order valence-electron chi connectivity index (χ2n) is 4.25. The van der Waals surface area contributed by atoms with Crippen LogP contribution in [0.5, 0.6) is 0 Å². The largest absolute Gasteiger partial charge is 0.481 e. The fourth-order valence-electron chi connectivity index (χ4n) is 2.31. The summed E-state index contributed by atoms with van der Waals surface area (Å²) >= 11 is 0. The van der Waals surface area contributed by atoms with E-state index in [0.29, 0.717) is 6.42 Å². The molecule has 0 spiro atoms. The maximum atomic E-state index is 11.1. The Morgan fingerprint density at radius 2 is 2.06 bits per heavy atom. The topological polar surface area (TPSA) is 74.6 Å². The van der Waals surface area contributed by atoms with E-state index in [9.17, 15) is 9.59 Å². The van der Waals surface area contributed by atoms with Crippen LogP contribution in [0, 0.1) is 11.3 Å². The molecule has 0 heterocycles. The number of hydrogen-bond donors (Lipinski definition) is 2. The van der Waals surface area contributed by atoms with Crippen molar-refractivity contribution in [1.29, 1.82) is 0 Å². The van der Waals surface area contributed by atoms with Gasteiger partial charge in [-0.2, -0.15) is 0 Å². The van der Waals surface area contributed by atoms with Crippen molar-refractivity contribution in [3.05, 3.63) is 23.8 Å². The summed E-state index contributed by atoms with van der Waals surface area (Å²) in [5.74, 6) is -2.77. The number of carboxylic acid groups (broad SMARTS) is 2. The third-order valence-corrected chi connectivity index (χ3v) is 3.13. The second kappa shape index (κ2) is 4.51. The van der Waals surface area contributed by atoms with Crippen LogP contribution < -0.4 is 0 Å². The molecule has 1 aliphatic carbocycles. The standard InChI is InChI=1S/C12H16O4/c1-3-7-12(2)8(10(13)14)5-4-6-9(12)11(15)16/h4-6,8H,3,7H2,1-2H3,(H,13,14)(H,15,16). The first-order valence-electron chi connectivity index (χ1n) is 5.28. The van der Waals surface area contributed by atoms with E-state index < -0.39 is 23.3 Å². The molecule has 16 heavy (non-hydrogen) atoms. The summed E-state index contributed by atoms with van der Waals surface area (Å²) in [4.78, 5) is 22.3. The van der Waals surface area contributed by atoms with Crippen LogP contribution in [0.15, 0.2) is 23.8 Å². The van der Waals surface area contributed by atoms with Crippen LogP contribution >= 0.6 is 0 Å². The summed E-state index contributed by atoms with van der Waals surface area (Å²) in [7, 11) is 0. The minimum Gasteiger partial charge on any atom is -0.481 e. The van der Waals surface area contributed by atoms with Crippen molar-refractivity contribution in [3.63, 3.8) is 0 Å². The van der Waals surface area contributed by atoms with Gasteiger partial charge in [0.2, 0.25) is 0 Å². The Kier molecular flexibility index (Phi) is 3.52. The van der Waals surface area contributed by atoms with Gasteiger partial charge in [-0.25, -0.2) is 4.79 Å². The molecular formula is C12H16O4. The van der Waals surface area contributed by atoms with Crippen molar-refractivity contribution < 1.29 is 19.8 Å². The monoisotopic (exact) mass is 224 g/mol. The highest BCUT2D eigenvalue weighted by atomic mass is 16.4. The second-order valence-corrected chi connectivity index (χ2v) is 4.25. The zero-order valence-electron chi connectivity index (χ0n) is 9.43. The molecule has 0 aromatic rings. The maximum absolute atomic E-state index is 11.1. The average molecular weight is 224 g/mol. The lowest BCUT2D eigenvalue weighted by molar-refractivity contribution is -0.144. The summed E-state index contributed by atoms with van der Waals surface area (Å²) < 4.78 is 0. The summed E-state index contributed by atoms with van der Waals surface area (Å²) in [6.07, 6.45) is 5.87. The van der Waals surface area contributed by atoms with Gasteiger partial charge < -0.3 is 10.2 Å². The molecule has 1 rings (SSSR count). The number of hydrogen-bond acceptors (Lipinski definition) is 2. The van der Waals surface area contributed by atoms with Gasteiger partial charge in [-0.05, 0) is 6.42 Å². The fraction of sp³-hybridized carbons (Fsp3) is 0.500. The van der Waals surface area contributed by atoms with E-state index in [2.05, 4.69) is 0 Å². The Morgan fingerprint density at radius 1 is 1.44 bits per heavy atom. The summed E-state index contributed by atoms with van der Waals surface area (Å²) in [5, 5.41) is 18.2. The fourth-order valence-corrected chi connectivity index (χ4v) is 2.31. The number of allylic oxidation sites excluding steroid dienone is 2. The first-order valence-corrected chi connectivity index (χ1v) is 5.28. The van der Waals surface area contributed by atoms with Crippen LogP contribution in [0.2, 0.25) is 0 Å².